The Labute approximate surface area is 299 Å². The molecule has 7 atom stereocenters. The van der Waals surface area contributed by atoms with Gasteiger partial charge in [-0.1, -0.05) is 75.7 Å². The zero-order valence-corrected chi connectivity index (χ0v) is 35.2. The Bertz CT molecular complexity index is 1210. The summed E-state index contributed by atoms with van der Waals surface area (Å²) in [4.78, 5) is 33.5. The zero-order valence-electron chi connectivity index (χ0n) is 32.4. The number of rotatable bonds is 12. The highest BCUT2D eigenvalue weighted by atomic mass is 32.1. The first-order valence-corrected chi connectivity index (χ1v) is 25.0. The summed E-state index contributed by atoms with van der Waals surface area (Å²) in [5.41, 5.74) is 0.995. The minimum atomic E-state index is -2.19. The molecule has 2 aliphatic heterocycles. The number of fused-ring (bicyclic) bond motifs is 1. The van der Waals surface area contributed by atoms with Crippen LogP contribution in [0.5, 0.6) is 0 Å². The Morgan fingerprint density at radius 1 is 0.979 bits per heavy atom. The predicted molar refractivity (Wildman–Crippen MR) is 205 cm³/mol. The topological polar surface area (TPSA) is 96.7 Å². The molecule has 1 aromatic rings. The van der Waals surface area contributed by atoms with Gasteiger partial charge >= 0.3 is 5.97 Å². The molecular formula is C38H68N2O5SSi2. The van der Waals surface area contributed by atoms with Gasteiger partial charge < -0.3 is 18.9 Å². The standard InChI is InChI=1S/C38H68N2O5SSi2/c1-13-47(14-2,15-3)44-34-24-35(41)43-33(27(8)22-30-25-46-29(10)39-30)23-32-31(40-32)21-19-20-26(7)36(28(9)37(42)38(34,11)12)45-48(16-4,17-5)18-6/h22,25-26,28,31-34,36,40H,13-21,23-24H2,1-12H3/b27-22+/t26-,28+,31+,32?,33-,34-,36-/m0/s1. The van der Waals surface area contributed by atoms with Crippen LogP contribution < -0.4 is 5.32 Å². The van der Waals surface area contributed by atoms with Gasteiger partial charge in [0.05, 0.1) is 29.3 Å². The SMILES string of the molecule is CC[Si](CC)(CC)O[C@H]1[C@@H](C)CCC[C@H]2NC2C[C@@H](/C(C)=C/c2csc(C)n2)OC(=O)C[C@H](O[Si](CC)(CC)CC)C(C)(C)C(=O)[C@@H]1C. The van der Waals surface area contributed by atoms with E-state index in [2.05, 4.69) is 71.8 Å². The molecule has 0 aliphatic carbocycles. The lowest BCUT2D eigenvalue weighted by molar-refractivity contribution is -0.153. The zero-order chi connectivity index (χ0) is 35.9. The van der Waals surface area contributed by atoms with Crippen molar-refractivity contribution in [3.8, 4) is 0 Å². The normalized spacial score (nSPS) is 29.8. The van der Waals surface area contributed by atoms with Crippen LogP contribution in [0, 0.1) is 24.2 Å². The summed E-state index contributed by atoms with van der Waals surface area (Å²) in [7, 11) is -4.18. The van der Waals surface area contributed by atoms with Crippen LogP contribution in [0.15, 0.2) is 11.0 Å². The van der Waals surface area contributed by atoms with Crippen molar-refractivity contribution >= 4 is 45.8 Å². The van der Waals surface area contributed by atoms with Crippen LogP contribution in [0.4, 0.5) is 0 Å². The highest BCUT2D eigenvalue weighted by Gasteiger charge is 2.49. The molecule has 1 unspecified atom stereocenters. The number of Topliss-reactive ketones (excluding diaryl/α,β-unsaturated/α-hetero) is 1. The lowest BCUT2D eigenvalue weighted by Gasteiger charge is -2.44. The molecule has 3 heterocycles. The molecular weight excluding hydrogens is 653 g/mol. The quantitative estimate of drug-likeness (QED) is 0.130. The van der Waals surface area contributed by atoms with E-state index in [1.54, 1.807) is 11.3 Å². The Morgan fingerprint density at radius 2 is 1.56 bits per heavy atom. The average molecular weight is 721 g/mol. The van der Waals surface area contributed by atoms with Gasteiger partial charge in [-0.25, -0.2) is 4.98 Å². The van der Waals surface area contributed by atoms with Gasteiger partial charge in [-0.3, -0.25) is 9.59 Å². The largest absolute Gasteiger partial charge is 0.458 e. The van der Waals surface area contributed by atoms with Crippen LogP contribution in [0.25, 0.3) is 6.08 Å². The summed E-state index contributed by atoms with van der Waals surface area (Å²) in [5, 5.41) is 6.74. The molecule has 0 amide bonds. The van der Waals surface area contributed by atoms with E-state index in [4.69, 9.17) is 13.6 Å². The fraction of sp³-hybridized carbons (Fsp3) is 0.816. The summed E-state index contributed by atoms with van der Waals surface area (Å²) in [5.74, 6) is -0.224. The lowest BCUT2D eigenvalue weighted by Crippen LogP contribution is -2.53. The van der Waals surface area contributed by atoms with Crippen molar-refractivity contribution in [3.05, 3.63) is 21.7 Å². The van der Waals surface area contributed by atoms with Crippen molar-refractivity contribution in [1.82, 2.24) is 10.3 Å². The van der Waals surface area contributed by atoms with Crippen molar-refractivity contribution < 1.29 is 23.2 Å². The van der Waals surface area contributed by atoms with Gasteiger partial charge in [-0.15, -0.1) is 11.3 Å². The van der Waals surface area contributed by atoms with Gasteiger partial charge in [0.2, 0.25) is 0 Å². The summed E-state index contributed by atoms with van der Waals surface area (Å²) in [6, 6.07) is 6.70. The number of nitrogens with one attached hydrogen (secondary N) is 1. The van der Waals surface area contributed by atoms with Crippen LogP contribution >= 0.6 is 11.3 Å². The van der Waals surface area contributed by atoms with Crippen LogP contribution in [0.1, 0.15) is 119 Å². The van der Waals surface area contributed by atoms with Crippen molar-refractivity contribution in [2.75, 3.05) is 0 Å². The van der Waals surface area contributed by atoms with Gasteiger partial charge in [-0.05, 0) is 80.5 Å². The van der Waals surface area contributed by atoms with Gasteiger partial charge in [0.25, 0.3) is 0 Å². The van der Waals surface area contributed by atoms with E-state index in [1.807, 2.05) is 33.1 Å². The fourth-order valence-corrected chi connectivity index (χ4v) is 14.5. The number of carbonyl (C=O) groups excluding carboxylic acids is 2. The molecule has 48 heavy (non-hydrogen) atoms. The van der Waals surface area contributed by atoms with E-state index in [1.165, 1.54) is 0 Å². The second-order valence-corrected chi connectivity index (χ2v) is 25.9. The summed E-state index contributed by atoms with van der Waals surface area (Å²) in [6.45, 7) is 25.8. The van der Waals surface area contributed by atoms with Crippen LogP contribution in [-0.2, 0) is 23.2 Å². The molecule has 10 heteroatoms. The van der Waals surface area contributed by atoms with Crippen molar-refractivity contribution in [2.24, 2.45) is 17.3 Å². The Hall–Kier alpha value is -1.18. The number of nitrogens with zero attached hydrogens (tertiary/aromatic N) is 1. The van der Waals surface area contributed by atoms with Crippen LogP contribution in [0.3, 0.4) is 0 Å². The maximum atomic E-state index is 14.9. The first-order chi connectivity index (χ1) is 22.6. The second-order valence-electron chi connectivity index (χ2n) is 15.4. The Balaban J connectivity index is 2.05. The van der Waals surface area contributed by atoms with Crippen molar-refractivity contribution in [2.45, 2.75) is 182 Å². The highest BCUT2D eigenvalue weighted by molar-refractivity contribution is 7.09. The number of hydrogen-bond donors (Lipinski definition) is 1. The summed E-state index contributed by atoms with van der Waals surface area (Å²) < 4.78 is 20.7. The third kappa shape index (κ3) is 10.2. The maximum absolute atomic E-state index is 14.9. The molecule has 2 fully saturated rings. The number of aromatic nitrogens is 1. The van der Waals surface area contributed by atoms with Crippen molar-refractivity contribution in [3.63, 3.8) is 0 Å². The van der Waals surface area contributed by atoms with E-state index in [-0.39, 0.29) is 42.2 Å². The number of thiazole rings is 1. The van der Waals surface area contributed by atoms with E-state index < -0.39 is 28.2 Å². The van der Waals surface area contributed by atoms with E-state index in [0.717, 1.165) is 78.2 Å². The highest BCUT2D eigenvalue weighted by Crippen LogP contribution is 2.40. The van der Waals surface area contributed by atoms with Crippen LogP contribution in [-0.4, -0.2) is 63.8 Å². The molecule has 0 spiro atoms. The number of esters is 1. The Kier molecular flexibility index (Phi) is 15.3. The second kappa shape index (κ2) is 17.8. The molecule has 274 valence electrons. The maximum Gasteiger partial charge on any atom is 0.309 e. The molecule has 0 bridgehead atoms. The van der Waals surface area contributed by atoms with E-state index in [9.17, 15) is 9.59 Å². The monoisotopic (exact) mass is 720 g/mol. The first-order valence-electron chi connectivity index (χ1n) is 19.1. The van der Waals surface area contributed by atoms with E-state index >= 15 is 0 Å². The van der Waals surface area contributed by atoms with Gasteiger partial charge in [-0.2, -0.15) is 0 Å². The first kappa shape index (κ1) is 41.2. The van der Waals surface area contributed by atoms with Crippen LogP contribution in [0.2, 0.25) is 36.3 Å². The summed E-state index contributed by atoms with van der Waals surface area (Å²) in [6.07, 6.45) is 4.90. The number of aryl methyl sites for hydroxylation is 1. The molecule has 2 aliphatic rings. The minimum absolute atomic E-state index is 0.0555. The number of cyclic esters (lactones) is 1. The van der Waals surface area contributed by atoms with E-state index in [0.29, 0.717) is 12.1 Å². The van der Waals surface area contributed by atoms with Crippen molar-refractivity contribution in [1.29, 1.82) is 0 Å². The van der Waals surface area contributed by atoms with Gasteiger partial charge in [0.15, 0.2) is 16.6 Å². The fourth-order valence-electron chi connectivity index (χ4n) is 7.89. The Morgan fingerprint density at radius 3 is 2.10 bits per heavy atom. The molecule has 3 rings (SSSR count). The molecule has 0 aromatic carbocycles. The molecule has 0 radical (unpaired) electrons. The molecule has 1 aromatic heterocycles. The smallest absolute Gasteiger partial charge is 0.309 e. The molecule has 2 saturated heterocycles. The average Bonchev–Trinajstić information content (AvgIpc) is 3.68. The predicted octanol–water partition coefficient (Wildman–Crippen LogP) is 9.72. The molecule has 0 saturated carbocycles. The van der Waals surface area contributed by atoms with Gasteiger partial charge in [0, 0.05) is 35.2 Å². The third-order valence-electron chi connectivity index (χ3n) is 12.1. The number of ketones is 1. The minimum Gasteiger partial charge on any atom is -0.458 e. The van der Waals surface area contributed by atoms with Gasteiger partial charge in [0.1, 0.15) is 11.9 Å². The lowest BCUT2D eigenvalue weighted by atomic mass is 9.73. The molecule has 1 N–H and O–H groups in total. The number of ether oxygens (including phenoxy) is 1. The molecule has 7 nitrogen and oxygen atoms in total. The summed E-state index contributed by atoms with van der Waals surface area (Å²) >= 11 is 1.62. The number of hydrogen-bond acceptors (Lipinski definition) is 8. The number of carbonyl (C=O) groups is 2. The third-order valence-corrected chi connectivity index (χ3v) is 22.2.